The maximum absolute atomic E-state index is 11.9. The van der Waals surface area contributed by atoms with Crippen molar-refractivity contribution in [2.75, 3.05) is 13.2 Å². The average Bonchev–Trinajstić information content (AvgIpc) is 3.20. The fourth-order valence-electron chi connectivity index (χ4n) is 6.61. The average molecular weight is 756 g/mol. The van der Waals surface area contributed by atoms with Crippen LogP contribution in [0.1, 0.15) is 42.0 Å². The Hall–Kier alpha value is -4.66. The third-order valence-corrected chi connectivity index (χ3v) is 9.20. The molecule has 1 amide bonds. The van der Waals surface area contributed by atoms with Gasteiger partial charge in [0.1, 0.15) is 37.1 Å². The minimum Gasteiger partial charge on any atom is -0.463 e. The Labute approximate surface area is 321 Å². The van der Waals surface area contributed by atoms with Crippen LogP contribution in [0.3, 0.4) is 0 Å². The molecular weight excluding hydrogens is 706 g/mol. The number of hydrogen-bond acceptors (Lipinski definition) is 11. The fourth-order valence-corrected chi connectivity index (χ4v) is 6.61. The molecule has 2 heterocycles. The third kappa shape index (κ3) is 12.7. The van der Waals surface area contributed by atoms with E-state index in [0.29, 0.717) is 6.61 Å². The zero-order chi connectivity index (χ0) is 38.2. The van der Waals surface area contributed by atoms with Gasteiger partial charge < -0.3 is 48.4 Å². The summed E-state index contributed by atoms with van der Waals surface area (Å²) in [7, 11) is 0. The normalized spacial score (nSPS) is 25.2. The van der Waals surface area contributed by atoms with Gasteiger partial charge in [0.15, 0.2) is 12.6 Å². The first-order valence-corrected chi connectivity index (χ1v) is 18.5. The zero-order valence-corrected chi connectivity index (χ0v) is 30.9. The number of carbonyl (C=O) groups excluding carboxylic acids is 2. The molecule has 2 fully saturated rings. The van der Waals surface area contributed by atoms with Gasteiger partial charge in [0.25, 0.3) is 0 Å². The summed E-state index contributed by atoms with van der Waals surface area (Å²) in [4.78, 5) is 23.6. The van der Waals surface area contributed by atoms with Crippen LogP contribution >= 0.6 is 0 Å². The van der Waals surface area contributed by atoms with Crippen LogP contribution in [0.5, 0.6) is 0 Å². The topological polar surface area (TPSA) is 143 Å². The standard InChI is InChI=1S/C43H49NO11/c1-30(45)48-28-36-22-35(53-43(44)46)23-38(52-36)55-41-40(50-26-33-18-10-4-11-19-33)39(49-25-32-16-8-3-9-17-32)37(29-47-24-31-14-6-2-7-15-31)54-42(41)51-27-34-20-12-5-13-21-34/h2-21,35-42H,22-29H2,1H3,(H2,44,46)/t35-,36+,37-,38+,39+,40-,41-,42?/m0/s1. The first-order chi connectivity index (χ1) is 26.9. The monoisotopic (exact) mass is 755 g/mol. The molecule has 4 aromatic rings. The van der Waals surface area contributed by atoms with E-state index in [-0.39, 0.29) is 45.9 Å². The van der Waals surface area contributed by atoms with E-state index in [9.17, 15) is 9.59 Å². The third-order valence-electron chi connectivity index (χ3n) is 9.20. The van der Waals surface area contributed by atoms with Gasteiger partial charge >= 0.3 is 12.1 Å². The van der Waals surface area contributed by atoms with Crippen LogP contribution in [0.25, 0.3) is 0 Å². The smallest absolute Gasteiger partial charge is 0.404 e. The maximum Gasteiger partial charge on any atom is 0.404 e. The molecule has 292 valence electrons. The predicted molar refractivity (Wildman–Crippen MR) is 200 cm³/mol. The van der Waals surface area contributed by atoms with Crippen LogP contribution in [0.4, 0.5) is 4.79 Å². The van der Waals surface area contributed by atoms with Crippen LogP contribution in [-0.4, -0.2) is 74.5 Å². The van der Waals surface area contributed by atoms with Crippen molar-refractivity contribution < 1.29 is 52.2 Å². The SMILES string of the molecule is CC(=O)OC[C@H]1C[C@H](OC(N)=O)C[C@@H](O[C@@H]2C(OCc3ccccc3)O[C@@H](COCc3ccccc3)[C@@H](OCc3ccccc3)[C@@H]2OCc2ccccc2)O1. The van der Waals surface area contributed by atoms with E-state index in [4.69, 9.17) is 48.4 Å². The van der Waals surface area contributed by atoms with Crippen molar-refractivity contribution in [3.8, 4) is 0 Å². The van der Waals surface area contributed by atoms with Crippen LogP contribution in [0.15, 0.2) is 121 Å². The number of nitrogens with two attached hydrogens (primary N) is 1. The van der Waals surface area contributed by atoms with Crippen LogP contribution in [-0.2, 0) is 73.9 Å². The van der Waals surface area contributed by atoms with Crippen molar-refractivity contribution in [2.45, 2.75) is 95.4 Å². The second kappa shape index (κ2) is 20.9. The number of primary amides is 1. The van der Waals surface area contributed by atoms with Gasteiger partial charge in [-0.25, -0.2) is 4.79 Å². The van der Waals surface area contributed by atoms with Gasteiger partial charge in [0.05, 0.1) is 39.1 Å². The van der Waals surface area contributed by atoms with E-state index < -0.39 is 61.3 Å². The Bertz CT molecular complexity index is 1720. The summed E-state index contributed by atoms with van der Waals surface area (Å²) >= 11 is 0. The van der Waals surface area contributed by atoms with E-state index in [0.717, 1.165) is 22.3 Å². The van der Waals surface area contributed by atoms with E-state index in [2.05, 4.69) is 0 Å². The number of esters is 1. The summed E-state index contributed by atoms with van der Waals surface area (Å²) in [5.41, 5.74) is 9.28. The lowest BCUT2D eigenvalue weighted by atomic mass is 9.97. The van der Waals surface area contributed by atoms with Crippen molar-refractivity contribution in [1.82, 2.24) is 0 Å². The summed E-state index contributed by atoms with van der Waals surface area (Å²) in [5.74, 6) is -0.470. The molecule has 1 unspecified atom stereocenters. The molecule has 0 aromatic heterocycles. The molecule has 0 radical (unpaired) electrons. The molecule has 0 bridgehead atoms. The van der Waals surface area contributed by atoms with Gasteiger partial charge in [-0.3, -0.25) is 4.79 Å². The van der Waals surface area contributed by atoms with Gasteiger partial charge in [-0.2, -0.15) is 0 Å². The highest BCUT2D eigenvalue weighted by atomic mass is 16.8. The quantitative estimate of drug-likeness (QED) is 0.115. The number of ether oxygens (including phenoxy) is 9. The number of rotatable bonds is 18. The Morgan fingerprint density at radius 2 is 1.13 bits per heavy atom. The Balaban J connectivity index is 1.32. The highest BCUT2D eigenvalue weighted by molar-refractivity contribution is 5.66. The number of carbonyl (C=O) groups is 2. The minimum absolute atomic E-state index is 0.0690. The summed E-state index contributed by atoms with van der Waals surface area (Å²) < 4.78 is 56.9. The lowest BCUT2D eigenvalue weighted by Crippen LogP contribution is -2.63. The highest BCUT2D eigenvalue weighted by Gasteiger charge is 2.51. The van der Waals surface area contributed by atoms with E-state index in [1.165, 1.54) is 6.92 Å². The van der Waals surface area contributed by atoms with Crippen molar-refractivity contribution in [3.63, 3.8) is 0 Å². The van der Waals surface area contributed by atoms with Gasteiger partial charge in [0.2, 0.25) is 0 Å². The Morgan fingerprint density at radius 1 is 0.618 bits per heavy atom. The molecule has 6 rings (SSSR count). The first-order valence-electron chi connectivity index (χ1n) is 18.5. The number of amides is 1. The van der Waals surface area contributed by atoms with Gasteiger partial charge in [0, 0.05) is 19.8 Å². The molecule has 0 spiro atoms. The molecule has 2 aliphatic heterocycles. The summed E-state index contributed by atoms with van der Waals surface area (Å²) in [6, 6.07) is 39.3. The van der Waals surface area contributed by atoms with Gasteiger partial charge in [-0.1, -0.05) is 121 Å². The fraction of sp³-hybridized carbons (Fsp3) is 0.395. The van der Waals surface area contributed by atoms with Crippen molar-refractivity contribution >= 4 is 12.1 Å². The maximum atomic E-state index is 11.9. The summed E-state index contributed by atoms with van der Waals surface area (Å²) in [6.07, 6.45) is -6.86. The second-order valence-corrected chi connectivity index (χ2v) is 13.5. The Kier molecular flexibility index (Phi) is 15.2. The number of hydrogen-bond donors (Lipinski definition) is 1. The molecular formula is C43H49NO11. The number of benzene rings is 4. The van der Waals surface area contributed by atoms with Gasteiger partial charge in [-0.15, -0.1) is 0 Å². The lowest BCUT2D eigenvalue weighted by Gasteiger charge is -2.47. The summed E-state index contributed by atoms with van der Waals surface area (Å²) in [5, 5.41) is 0. The second-order valence-electron chi connectivity index (χ2n) is 13.5. The van der Waals surface area contributed by atoms with Crippen molar-refractivity contribution in [2.24, 2.45) is 5.73 Å². The molecule has 2 aliphatic rings. The van der Waals surface area contributed by atoms with Crippen molar-refractivity contribution in [3.05, 3.63) is 144 Å². The molecule has 2 N–H and O–H groups in total. The lowest BCUT2D eigenvalue weighted by molar-refractivity contribution is -0.358. The molecule has 12 nitrogen and oxygen atoms in total. The minimum atomic E-state index is -0.990. The summed E-state index contributed by atoms with van der Waals surface area (Å²) in [6.45, 7) is 2.46. The van der Waals surface area contributed by atoms with Crippen LogP contribution < -0.4 is 5.73 Å². The van der Waals surface area contributed by atoms with E-state index >= 15 is 0 Å². The largest absolute Gasteiger partial charge is 0.463 e. The molecule has 55 heavy (non-hydrogen) atoms. The highest BCUT2D eigenvalue weighted by Crippen LogP contribution is 2.34. The molecule has 0 saturated carbocycles. The Morgan fingerprint density at radius 3 is 1.65 bits per heavy atom. The van der Waals surface area contributed by atoms with E-state index in [1.54, 1.807) is 0 Å². The molecule has 12 heteroatoms. The zero-order valence-electron chi connectivity index (χ0n) is 30.9. The molecule has 4 aromatic carbocycles. The predicted octanol–water partition coefficient (Wildman–Crippen LogP) is 6.23. The van der Waals surface area contributed by atoms with Crippen LogP contribution in [0.2, 0.25) is 0 Å². The first kappa shape index (κ1) is 40.0. The van der Waals surface area contributed by atoms with E-state index in [1.807, 2.05) is 121 Å². The van der Waals surface area contributed by atoms with Crippen molar-refractivity contribution in [1.29, 1.82) is 0 Å². The molecule has 2 saturated heterocycles. The van der Waals surface area contributed by atoms with Crippen LogP contribution in [0, 0.1) is 0 Å². The van der Waals surface area contributed by atoms with Gasteiger partial charge in [-0.05, 0) is 22.3 Å². The molecule has 8 atom stereocenters. The molecule has 0 aliphatic carbocycles.